The Labute approximate surface area is 150 Å². The summed E-state index contributed by atoms with van der Waals surface area (Å²) in [5.74, 6) is 0.710. The van der Waals surface area contributed by atoms with Crippen molar-refractivity contribution in [1.29, 1.82) is 0 Å². The van der Waals surface area contributed by atoms with Crippen LogP contribution in [0.4, 0.5) is 5.69 Å². The lowest BCUT2D eigenvalue weighted by Crippen LogP contribution is -2.44. The highest BCUT2D eigenvalue weighted by Gasteiger charge is 2.31. The van der Waals surface area contributed by atoms with E-state index in [1.165, 1.54) is 0 Å². The lowest BCUT2D eigenvalue weighted by molar-refractivity contribution is -0.125. The summed E-state index contributed by atoms with van der Waals surface area (Å²) in [5, 5.41) is 3.06. The van der Waals surface area contributed by atoms with Gasteiger partial charge in [-0.3, -0.25) is 4.79 Å². The molecule has 0 bridgehead atoms. The van der Waals surface area contributed by atoms with Crippen molar-refractivity contribution in [2.75, 3.05) is 4.90 Å². The normalized spacial score (nSPS) is 16.5. The molecule has 1 amide bonds. The average Bonchev–Trinajstić information content (AvgIpc) is 3.06. The Morgan fingerprint density at radius 1 is 1.20 bits per heavy atom. The van der Waals surface area contributed by atoms with Gasteiger partial charge in [-0.25, -0.2) is 4.98 Å². The lowest BCUT2D eigenvalue weighted by Gasteiger charge is -2.33. The fourth-order valence-electron chi connectivity index (χ4n) is 2.99. The molecular formula is C20H18N2O2S. The molecule has 1 aliphatic rings. The summed E-state index contributed by atoms with van der Waals surface area (Å²) in [7, 11) is 0. The first-order valence-corrected chi connectivity index (χ1v) is 9.08. The summed E-state index contributed by atoms with van der Waals surface area (Å²) >= 11 is 1.62. The smallest absolute Gasteiger partial charge is 0.268 e. The fraction of sp³-hybridized carbons (Fsp3) is 0.200. The van der Waals surface area contributed by atoms with Gasteiger partial charge in [0.2, 0.25) is 0 Å². The first kappa shape index (κ1) is 15.8. The molecule has 4 rings (SSSR count). The van der Waals surface area contributed by atoms with Gasteiger partial charge in [0, 0.05) is 10.9 Å². The SMILES string of the molecule is Cc1nc(-c2ccc3c(c2)N(Cc2ccccc2)C(=O)[C@H](C)O3)cs1. The third-order valence-electron chi connectivity index (χ3n) is 4.27. The van der Waals surface area contributed by atoms with E-state index >= 15 is 0 Å². The van der Waals surface area contributed by atoms with Crippen LogP contribution in [0.5, 0.6) is 5.75 Å². The van der Waals surface area contributed by atoms with Gasteiger partial charge in [0.05, 0.1) is 22.9 Å². The van der Waals surface area contributed by atoms with Gasteiger partial charge in [-0.1, -0.05) is 30.3 Å². The predicted octanol–water partition coefficient (Wildman–Crippen LogP) is 4.43. The van der Waals surface area contributed by atoms with Gasteiger partial charge < -0.3 is 9.64 Å². The molecule has 0 saturated carbocycles. The van der Waals surface area contributed by atoms with Crippen LogP contribution in [0.25, 0.3) is 11.3 Å². The number of benzene rings is 2. The monoisotopic (exact) mass is 350 g/mol. The minimum Gasteiger partial charge on any atom is -0.479 e. The number of hydrogen-bond donors (Lipinski definition) is 0. The Kier molecular flexibility index (Phi) is 4.01. The molecule has 0 N–H and O–H groups in total. The maximum atomic E-state index is 12.7. The Bertz CT molecular complexity index is 920. The second-order valence-electron chi connectivity index (χ2n) is 6.10. The van der Waals surface area contributed by atoms with E-state index in [-0.39, 0.29) is 5.91 Å². The molecule has 25 heavy (non-hydrogen) atoms. The van der Waals surface area contributed by atoms with Crippen molar-refractivity contribution in [3.8, 4) is 17.0 Å². The summed E-state index contributed by atoms with van der Waals surface area (Å²) in [5.41, 5.74) is 3.81. The highest BCUT2D eigenvalue weighted by atomic mass is 32.1. The van der Waals surface area contributed by atoms with Crippen molar-refractivity contribution in [1.82, 2.24) is 4.98 Å². The zero-order chi connectivity index (χ0) is 17.4. The van der Waals surface area contributed by atoms with Crippen LogP contribution in [-0.2, 0) is 11.3 Å². The van der Waals surface area contributed by atoms with Crippen LogP contribution in [0.1, 0.15) is 17.5 Å². The van der Waals surface area contributed by atoms with Crippen LogP contribution in [0.15, 0.2) is 53.9 Å². The van der Waals surface area contributed by atoms with Gasteiger partial charge in [0.25, 0.3) is 5.91 Å². The molecule has 3 aromatic rings. The number of ether oxygens (including phenoxy) is 1. The van der Waals surface area contributed by atoms with E-state index < -0.39 is 6.10 Å². The molecule has 2 heterocycles. The average molecular weight is 350 g/mol. The molecule has 0 spiro atoms. The molecule has 4 nitrogen and oxygen atoms in total. The van der Waals surface area contributed by atoms with E-state index in [0.717, 1.165) is 33.3 Å². The van der Waals surface area contributed by atoms with Crippen molar-refractivity contribution < 1.29 is 9.53 Å². The molecule has 1 aromatic heterocycles. The number of aryl methyl sites for hydroxylation is 1. The maximum absolute atomic E-state index is 12.7. The number of carbonyl (C=O) groups is 1. The number of rotatable bonds is 3. The first-order valence-electron chi connectivity index (χ1n) is 8.20. The van der Waals surface area contributed by atoms with E-state index in [2.05, 4.69) is 4.98 Å². The lowest BCUT2D eigenvalue weighted by atomic mass is 10.1. The summed E-state index contributed by atoms with van der Waals surface area (Å²) < 4.78 is 5.80. The van der Waals surface area contributed by atoms with Crippen molar-refractivity contribution >= 4 is 22.9 Å². The van der Waals surface area contributed by atoms with E-state index in [9.17, 15) is 4.79 Å². The molecule has 0 unspecified atom stereocenters. The predicted molar refractivity (Wildman–Crippen MR) is 100 cm³/mol. The summed E-state index contributed by atoms with van der Waals surface area (Å²) in [6.45, 7) is 4.31. The van der Waals surface area contributed by atoms with E-state index in [0.29, 0.717) is 6.54 Å². The number of fused-ring (bicyclic) bond motifs is 1. The van der Waals surface area contributed by atoms with Gasteiger partial charge >= 0.3 is 0 Å². The van der Waals surface area contributed by atoms with Crippen molar-refractivity contribution in [2.45, 2.75) is 26.5 Å². The maximum Gasteiger partial charge on any atom is 0.268 e. The number of amides is 1. The Balaban J connectivity index is 1.76. The van der Waals surface area contributed by atoms with Gasteiger partial charge in [0.15, 0.2) is 6.10 Å². The topological polar surface area (TPSA) is 42.4 Å². The third kappa shape index (κ3) is 3.03. The Hall–Kier alpha value is -2.66. The standard InChI is InChI=1S/C20H18N2O2S/c1-13-20(23)22(11-15-6-4-3-5-7-15)18-10-16(8-9-19(18)24-13)17-12-25-14(2)21-17/h3-10,12-13H,11H2,1-2H3/t13-/m0/s1. The number of anilines is 1. The summed E-state index contributed by atoms with van der Waals surface area (Å²) in [6, 6.07) is 15.9. The fourth-order valence-corrected chi connectivity index (χ4v) is 3.61. The van der Waals surface area contributed by atoms with E-state index in [1.807, 2.05) is 65.7 Å². The van der Waals surface area contributed by atoms with Crippen LogP contribution < -0.4 is 9.64 Å². The van der Waals surface area contributed by atoms with Crippen LogP contribution in [0.2, 0.25) is 0 Å². The van der Waals surface area contributed by atoms with Gasteiger partial charge in [0.1, 0.15) is 5.75 Å². The molecule has 0 saturated heterocycles. The van der Waals surface area contributed by atoms with Gasteiger partial charge in [-0.2, -0.15) is 0 Å². The molecule has 2 aromatic carbocycles. The molecule has 1 aliphatic heterocycles. The molecule has 0 fully saturated rings. The van der Waals surface area contributed by atoms with Crippen LogP contribution in [0.3, 0.4) is 0 Å². The summed E-state index contributed by atoms with van der Waals surface area (Å²) in [6.07, 6.45) is -0.483. The van der Waals surface area contributed by atoms with Crippen LogP contribution >= 0.6 is 11.3 Å². The van der Waals surface area contributed by atoms with E-state index in [4.69, 9.17) is 4.74 Å². The van der Waals surface area contributed by atoms with Crippen LogP contribution in [-0.4, -0.2) is 17.0 Å². The van der Waals surface area contributed by atoms with Gasteiger partial charge in [-0.05, 0) is 37.6 Å². The second kappa shape index (κ2) is 6.33. The molecular weight excluding hydrogens is 332 g/mol. The molecule has 5 heteroatoms. The number of thiazole rings is 1. The highest BCUT2D eigenvalue weighted by molar-refractivity contribution is 7.09. The first-order chi connectivity index (χ1) is 12.1. The van der Waals surface area contributed by atoms with Crippen molar-refractivity contribution in [3.63, 3.8) is 0 Å². The van der Waals surface area contributed by atoms with Crippen molar-refractivity contribution in [3.05, 3.63) is 64.5 Å². The molecule has 0 aliphatic carbocycles. The molecule has 1 atom stereocenters. The highest BCUT2D eigenvalue weighted by Crippen LogP contribution is 2.38. The summed E-state index contributed by atoms with van der Waals surface area (Å²) in [4.78, 5) is 19.1. The minimum atomic E-state index is -0.483. The Morgan fingerprint density at radius 3 is 2.72 bits per heavy atom. The Morgan fingerprint density at radius 2 is 2.00 bits per heavy atom. The van der Waals surface area contributed by atoms with E-state index in [1.54, 1.807) is 18.3 Å². The minimum absolute atomic E-state index is 0.0250. The van der Waals surface area contributed by atoms with Gasteiger partial charge in [-0.15, -0.1) is 11.3 Å². The van der Waals surface area contributed by atoms with Crippen molar-refractivity contribution in [2.24, 2.45) is 0 Å². The zero-order valence-electron chi connectivity index (χ0n) is 14.1. The molecule has 126 valence electrons. The molecule has 0 radical (unpaired) electrons. The number of nitrogens with zero attached hydrogens (tertiary/aromatic N) is 2. The third-order valence-corrected chi connectivity index (χ3v) is 5.04. The number of carbonyl (C=O) groups excluding carboxylic acids is 1. The second-order valence-corrected chi connectivity index (χ2v) is 7.17. The number of hydrogen-bond acceptors (Lipinski definition) is 4. The zero-order valence-corrected chi connectivity index (χ0v) is 14.9. The van der Waals surface area contributed by atoms with Crippen LogP contribution in [0, 0.1) is 6.92 Å². The number of aromatic nitrogens is 1. The largest absolute Gasteiger partial charge is 0.479 e. The quantitative estimate of drug-likeness (QED) is 0.702.